The first-order chi connectivity index (χ1) is 9.66. The van der Waals surface area contributed by atoms with Crippen molar-refractivity contribution in [2.45, 2.75) is 13.3 Å². The first kappa shape index (κ1) is 14.1. The molecule has 20 heavy (non-hydrogen) atoms. The van der Waals surface area contributed by atoms with Crippen LogP contribution < -0.4 is 0 Å². The molecule has 2 rings (SSSR count). The molecule has 0 atom stereocenters. The van der Waals surface area contributed by atoms with Crippen molar-refractivity contribution in [2.75, 3.05) is 6.61 Å². The third-order valence-corrected chi connectivity index (χ3v) is 3.01. The third kappa shape index (κ3) is 3.82. The Bertz CT molecular complexity index is 600. The molecular formula is C18H18O2. The van der Waals surface area contributed by atoms with Gasteiger partial charge in [0.25, 0.3) is 0 Å². The van der Waals surface area contributed by atoms with Crippen molar-refractivity contribution in [2.24, 2.45) is 0 Å². The number of hydrogen-bond acceptors (Lipinski definition) is 2. The van der Waals surface area contributed by atoms with Gasteiger partial charge in [-0.05, 0) is 23.6 Å². The lowest BCUT2D eigenvalue weighted by Gasteiger charge is -2.07. The fraction of sp³-hybridized carbons (Fsp3) is 0.167. The zero-order chi connectivity index (χ0) is 14.4. The van der Waals surface area contributed by atoms with Crippen LogP contribution in [0.3, 0.4) is 0 Å². The van der Waals surface area contributed by atoms with Crippen LogP contribution in [0.5, 0.6) is 0 Å². The third-order valence-electron chi connectivity index (χ3n) is 3.01. The van der Waals surface area contributed by atoms with Crippen molar-refractivity contribution in [3.8, 4) is 11.1 Å². The maximum Gasteiger partial charge on any atom is 0.333 e. The second-order valence-corrected chi connectivity index (χ2v) is 4.73. The summed E-state index contributed by atoms with van der Waals surface area (Å²) < 4.78 is 5.11. The Labute approximate surface area is 119 Å². The van der Waals surface area contributed by atoms with Crippen LogP contribution in [0.25, 0.3) is 11.1 Å². The number of rotatable bonds is 5. The van der Waals surface area contributed by atoms with Gasteiger partial charge in [0, 0.05) is 12.0 Å². The van der Waals surface area contributed by atoms with Crippen LogP contribution in [0.4, 0.5) is 0 Å². The highest BCUT2D eigenvalue weighted by Crippen LogP contribution is 2.20. The van der Waals surface area contributed by atoms with Gasteiger partial charge in [-0.1, -0.05) is 61.2 Å². The second kappa shape index (κ2) is 6.71. The minimum absolute atomic E-state index is 0.329. The van der Waals surface area contributed by atoms with E-state index in [1.807, 2.05) is 30.3 Å². The molecule has 0 amide bonds. The molecule has 0 aliphatic carbocycles. The molecule has 102 valence electrons. The predicted octanol–water partition coefficient (Wildman–Crippen LogP) is 4.02. The van der Waals surface area contributed by atoms with E-state index in [1.165, 1.54) is 11.1 Å². The van der Waals surface area contributed by atoms with E-state index in [2.05, 4.69) is 30.8 Å². The molecule has 0 aliphatic rings. The predicted molar refractivity (Wildman–Crippen MR) is 81.4 cm³/mol. The highest BCUT2D eigenvalue weighted by atomic mass is 16.5. The summed E-state index contributed by atoms with van der Waals surface area (Å²) in [6.45, 7) is 5.59. The minimum atomic E-state index is -0.329. The summed E-state index contributed by atoms with van der Waals surface area (Å²) in [7, 11) is 0. The van der Waals surface area contributed by atoms with Crippen molar-refractivity contribution in [1.29, 1.82) is 0 Å². The zero-order valence-electron chi connectivity index (χ0n) is 11.6. The van der Waals surface area contributed by atoms with E-state index in [1.54, 1.807) is 6.92 Å². The fourth-order valence-electron chi connectivity index (χ4n) is 1.92. The van der Waals surface area contributed by atoms with E-state index in [-0.39, 0.29) is 5.97 Å². The molecule has 2 nitrogen and oxygen atoms in total. The van der Waals surface area contributed by atoms with Gasteiger partial charge in [0.2, 0.25) is 0 Å². The van der Waals surface area contributed by atoms with Crippen molar-refractivity contribution < 1.29 is 9.53 Å². The molecule has 0 bridgehead atoms. The van der Waals surface area contributed by atoms with E-state index in [4.69, 9.17) is 4.74 Å². The van der Waals surface area contributed by atoms with E-state index in [0.29, 0.717) is 18.6 Å². The summed E-state index contributed by atoms with van der Waals surface area (Å²) >= 11 is 0. The Kier molecular flexibility index (Phi) is 4.72. The smallest absolute Gasteiger partial charge is 0.333 e. The maximum absolute atomic E-state index is 11.3. The van der Waals surface area contributed by atoms with Gasteiger partial charge in [0.1, 0.15) is 0 Å². The van der Waals surface area contributed by atoms with Crippen LogP contribution in [0, 0.1) is 0 Å². The number of ether oxygens (including phenoxy) is 1. The maximum atomic E-state index is 11.3. The molecule has 2 heteroatoms. The van der Waals surface area contributed by atoms with Gasteiger partial charge in [-0.15, -0.1) is 0 Å². The Morgan fingerprint density at radius 1 is 1.05 bits per heavy atom. The minimum Gasteiger partial charge on any atom is -0.462 e. The molecule has 0 radical (unpaired) electrons. The first-order valence-corrected chi connectivity index (χ1v) is 6.64. The fourth-order valence-corrected chi connectivity index (χ4v) is 1.92. The van der Waals surface area contributed by atoms with Crippen molar-refractivity contribution in [3.63, 3.8) is 0 Å². The van der Waals surface area contributed by atoms with Gasteiger partial charge in [0.05, 0.1) is 6.61 Å². The molecule has 2 aromatic carbocycles. The van der Waals surface area contributed by atoms with Gasteiger partial charge >= 0.3 is 5.97 Å². The van der Waals surface area contributed by atoms with Gasteiger partial charge in [-0.2, -0.15) is 0 Å². The van der Waals surface area contributed by atoms with Crippen molar-refractivity contribution >= 4 is 5.97 Å². The highest BCUT2D eigenvalue weighted by Gasteiger charge is 2.03. The standard InChI is InChI=1S/C18H18O2/c1-14(2)18(19)20-12-11-15-7-6-10-17(13-15)16-8-4-3-5-9-16/h3-10,13H,1,11-12H2,2H3. The largest absolute Gasteiger partial charge is 0.462 e. The molecular weight excluding hydrogens is 248 g/mol. The van der Waals surface area contributed by atoms with Crippen LogP contribution in [-0.2, 0) is 16.0 Å². The second-order valence-electron chi connectivity index (χ2n) is 4.73. The van der Waals surface area contributed by atoms with Gasteiger partial charge < -0.3 is 4.74 Å². The van der Waals surface area contributed by atoms with Gasteiger partial charge in [-0.3, -0.25) is 0 Å². The lowest BCUT2D eigenvalue weighted by molar-refractivity contribution is -0.138. The lowest BCUT2D eigenvalue weighted by Crippen LogP contribution is -2.08. The monoisotopic (exact) mass is 266 g/mol. The molecule has 0 heterocycles. The normalized spacial score (nSPS) is 10.1. The molecule has 0 aliphatic heterocycles. The molecule has 0 aromatic heterocycles. The Morgan fingerprint density at radius 2 is 1.75 bits per heavy atom. The van der Waals surface area contributed by atoms with Crippen molar-refractivity contribution in [1.82, 2.24) is 0 Å². The topological polar surface area (TPSA) is 26.3 Å². The Hall–Kier alpha value is -2.35. The SMILES string of the molecule is C=C(C)C(=O)OCCc1cccc(-c2ccccc2)c1. The number of benzene rings is 2. The summed E-state index contributed by atoms with van der Waals surface area (Å²) in [6.07, 6.45) is 0.708. The van der Waals surface area contributed by atoms with Crippen molar-refractivity contribution in [3.05, 3.63) is 72.3 Å². The Morgan fingerprint density at radius 3 is 2.45 bits per heavy atom. The zero-order valence-corrected chi connectivity index (χ0v) is 11.6. The first-order valence-electron chi connectivity index (χ1n) is 6.64. The molecule has 0 saturated carbocycles. The van der Waals surface area contributed by atoms with Gasteiger partial charge in [0.15, 0.2) is 0 Å². The summed E-state index contributed by atoms with van der Waals surface area (Å²) in [5, 5.41) is 0. The van der Waals surface area contributed by atoms with E-state index in [0.717, 1.165) is 5.56 Å². The van der Waals surface area contributed by atoms with E-state index in [9.17, 15) is 4.79 Å². The molecule has 2 aromatic rings. The number of esters is 1. The number of carbonyl (C=O) groups excluding carboxylic acids is 1. The molecule has 0 fully saturated rings. The van der Waals surface area contributed by atoms with E-state index < -0.39 is 0 Å². The molecule has 0 unspecified atom stereocenters. The highest BCUT2D eigenvalue weighted by molar-refractivity contribution is 5.86. The molecule has 0 N–H and O–H groups in total. The quantitative estimate of drug-likeness (QED) is 0.603. The summed E-state index contributed by atoms with van der Waals surface area (Å²) in [5.74, 6) is -0.329. The average molecular weight is 266 g/mol. The number of carbonyl (C=O) groups is 1. The van der Waals surface area contributed by atoms with Crippen LogP contribution in [0.2, 0.25) is 0 Å². The summed E-state index contributed by atoms with van der Waals surface area (Å²) in [4.78, 5) is 11.3. The van der Waals surface area contributed by atoms with Crippen LogP contribution in [0.15, 0.2) is 66.7 Å². The summed E-state index contributed by atoms with van der Waals surface area (Å²) in [6, 6.07) is 18.5. The molecule has 0 saturated heterocycles. The van der Waals surface area contributed by atoms with Crippen LogP contribution in [-0.4, -0.2) is 12.6 Å². The Balaban J connectivity index is 2.00. The van der Waals surface area contributed by atoms with Crippen LogP contribution >= 0.6 is 0 Å². The molecule has 0 spiro atoms. The lowest BCUT2D eigenvalue weighted by atomic mass is 10.0. The van der Waals surface area contributed by atoms with Gasteiger partial charge in [-0.25, -0.2) is 4.79 Å². The summed E-state index contributed by atoms with van der Waals surface area (Å²) in [5.41, 5.74) is 3.95. The van der Waals surface area contributed by atoms with E-state index >= 15 is 0 Å². The average Bonchev–Trinajstić information content (AvgIpc) is 2.48. The number of hydrogen-bond donors (Lipinski definition) is 0. The van der Waals surface area contributed by atoms with Crippen LogP contribution in [0.1, 0.15) is 12.5 Å².